The van der Waals surface area contributed by atoms with E-state index in [1.54, 1.807) is 24.3 Å². The maximum absolute atomic E-state index is 12.5. The summed E-state index contributed by atoms with van der Waals surface area (Å²) in [6.07, 6.45) is 10.6. The van der Waals surface area contributed by atoms with Gasteiger partial charge in [-0.15, -0.1) is 0 Å². The molecule has 222 valence electrons. The highest BCUT2D eigenvalue weighted by atomic mass is 16.4. The van der Waals surface area contributed by atoms with Crippen LogP contribution >= 0.6 is 0 Å². The molecule has 0 unspecified atom stereocenters. The molecule has 0 amide bonds. The smallest absolute Gasteiger partial charge is 0.336 e. The Hall–Kier alpha value is -4.72. The monoisotopic (exact) mass is 582 g/mol. The van der Waals surface area contributed by atoms with E-state index in [0.717, 1.165) is 25.7 Å². The van der Waals surface area contributed by atoms with Crippen LogP contribution in [0.3, 0.4) is 0 Å². The van der Waals surface area contributed by atoms with Crippen LogP contribution in [0.4, 0.5) is 0 Å². The molecule has 0 saturated heterocycles. The van der Waals surface area contributed by atoms with Crippen molar-refractivity contribution < 1.29 is 39.6 Å². The maximum atomic E-state index is 12.5. The normalized spacial score (nSPS) is 11.7. The van der Waals surface area contributed by atoms with Gasteiger partial charge in [-0.05, 0) is 75.0 Å². The lowest BCUT2D eigenvalue weighted by Crippen LogP contribution is -2.08. The highest BCUT2D eigenvalue weighted by Gasteiger charge is 2.27. The zero-order valence-electron chi connectivity index (χ0n) is 24.0. The van der Waals surface area contributed by atoms with Crippen molar-refractivity contribution in [2.24, 2.45) is 0 Å². The number of carboxylic acid groups (broad SMARTS) is 4. The number of fused-ring (bicyclic) bond motifs is 2. The summed E-state index contributed by atoms with van der Waals surface area (Å²) >= 11 is 0. The molecule has 8 heteroatoms. The van der Waals surface area contributed by atoms with E-state index in [-0.39, 0.29) is 33.0 Å². The Labute approximate surface area is 247 Å². The van der Waals surface area contributed by atoms with E-state index in [1.807, 2.05) is 0 Å². The van der Waals surface area contributed by atoms with Gasteiger partial charge in [-0.25, -0.2) is 19.2 Å². The molecule has 0 aliphatic carbocycles. The molecule has 0 fully saturated rings. The topological polar surface area (TPSA) is 149 Å². The van der Waals surface area contributed by atoms with Crippen molar-refractivity contribution in [1.82, 2.24) is 0 Å². The van der Waals surface area contributed by atoms with Crippen LogP contribution in [0.1, 0.15) is 112 Å². The Kier molecular flexibility index (Phi) is 8.48. The number of hydrogen-bond acceptors (Lipinski definition) is 4. The van der Waals surface area contributed by atoms with Gasteiger partial charge in [0.25, 0.3) is 0 Å². The van der Waals surface area contributed by atoms with Crippen molar-refractivity contribution >= 4 is 67.0 Å². The summed E-state index contributed by atoms with van der Waals surface area (Å²) in [5.74, 6) is -5.03. The molecule has 0 radical (unpaired) electrons. The summed E-state index contributed by atoms with van der Waals surface area (Å²) in [5.41, 5.74) is 0.168. The van der Waals surface area contributed by atoms with E-state index in [4.69, 9.17) is 0 Å². The van der Waals surface area contributed by atoms with E-state index in [0.29, 0.717) is 44.3 Å². The lowest BCUT2D eigenvalue weighted by molar-refractivity contribution is 0.0681. The first kappa shape index (κ1) is 29.8. The molecule has 0 saturated carbocycles. The fourth-order valence-electron chi connectivity index (χ4n) is 6.61. The zero-order valence-corrected chi connectivity index (χ0v) is 24.0. The maximum Gasteiger partial charge on any atom is 0.336 e. The Bertz CT molecular complexity index is 1880. The van der Waals surface area contributed by atoms with Crippen molar-refractivity contribution in [3.05, 3.63) is 70.3 Å². The minimum atomic E-state index is -1.26. The minimum absolute atomic E-state index is 0.0902. The molecule has 5 aromatic rings. The molecule has 5 rings (SSSR count). The standard InChI is InChI=1S/C35H34O8/c1-2-3-4-5-6-7-8-9-10-11-19-18-26(35(42)43)30-25(34(40)41)16-13-21-20-12-15-23(32(36)37)29-24(33(38)39)17-14-22(28(20)29)27(19)31(21)30/h12-18H,2-11H2,1H3,(H,36,37)(H,38,39)(H,40,41)(H,42,43). The van der Waals surface area contributed by atoms with E-state index < -0.39 is 23.9 Å². The van der Waals surface area contributed by atoms with Crippen LogP contribution in [0, 0.1) is 0 Å². The fraction of sp³-hybridized carbons (Fsp3) is 0.314. The van der Waals surface area contributed by atoms with Crippen molar-refractivity contribution in [2.75, 3.05) is 0 Å². The second-order valence-electron chi connectivity index (χ2n) is 11.2. The third-order valence-electron chi connectivity index (χ3n) is 8.56. The van der Waals surface area contributed by atoms with E-state index in [1.165, 1.54) is 50.3 Å². The predicted molar refractivity (Wildman–Crippen MR) is 166 cm³/mol. The second-order valence-corrected chi connectivity index (χ2v) is 11.2. The molecule has 0 heterocycles. The van der Waals surface area contributed by atoms with Crippen LogP contribution in [0.2, 0.25) is 0 Å². The van der Waals surface area contributed by atoms with Gasteiger partial charge in [0, 0.05) is 10.8 Å². The van der Waals surface area contributed by atoms with E-state index in [2.05, 4.69) is 6.92 Å². The largest absolute Gasteiger partial charge is 0.478 e. The lowest BCUT2D eigenvalue weighted by atomic mass is 9.82. The first-order chi connectivity index (χ1) is 20.7. The molecule has 0 bridgehead atoms. The van der Waals surface area contributed by atoms with Crippen molar-refractivity contribution in [3.63, 3.8) is 0 Å². The summed E-state index contributed by atoms with van der Waals surface area (Å²) in [5, 5.41) is 43.6. The first-order valence-corrected chi connectivity index (χ1v) is 14.8. The van der Waals surface area contributed by atoms with Crippen LogP contribution in [-0.2, 0) is 6.42 Å². The van der Waals surface area contributed by atoms with Crippen LogP contribution in [0.25, 0.3) is 43.1 Å². The molecule has 0 spiro atoms. The molecule has 0 atom stereocenters. The fourth-order valence-corrected chi connectivity index (χ4v) is 6.61. The number of aryl methyl sites for hydroxylation is 1. The van der Waals surface area contributed by atoms with Gasteiger partial charge in [-0.2, -0.15) is 0 Å². The minimum Gasteiger partial charge on any atom is -0.478 e. The number of benzene rings is 5. The number of unbranched alkanes of at least 4 members (excludes halogenated alkanes) is 8. The summed E-state index contributed by atoms with van der Waals surface area (Å²) in [4.78, 5) is 49.3. The zero-order chi connectivity index (χ0) is 30.8. The van der Waals surface area contributed by atoms with E-state index in [9.17, 15) is 39.6 Å². The summed E-state index contributed by atoms with van der Waals surface area (Å²) in [7, 11) is 0. The van der Waals surface area contributed by atoms with Crippen LogP contribution in [0.15, 0.2) is 42.5 Å². The van der Waals surface area contributed by atoms with Crippen molar-refractivity contribution in [3.8, 4) is 0 Å². The molecule has 0 aliphatic rings. The average Bonchev–Trinajstić information content (AvgIpc) is 2.97. The van der Waals surface area contributed by atoms with Crippen molar-refractivity contribution in [2.45, 2.75) is 71.1 Å². The Morgan fingerprint density at radius 1 is 0.465 bits per heavy atom. The van der Waals surface area contributed by atoms with Gasteiger partial charge in [-0.1, -0.05) is 76.5 Å². The van der Waals surface area contributed by atoms with Crippen LogP contribution < -0.4 is 0 Å². The highest BCUT2D eigenvalue weighted by Crippen LogP contribution is 2.45. The van der Waals surface area contributed by atoms with Gasteiger partial charge >= 0.3 is 23.9 Å². The Balaban J connectivity index is 1.76. The van der Waals surface area contributed by atoms with Crippen molar-refractivity contribution in [1.29, 1.82) is 0 Å². The van der Waals surface area contributed by atoms with Gasteiger partial charge in [0.2, 0.25) is 0 Å². The first-order valence-electron chi connectivity index (χ1n) is 14.8. The van der Waals surface area contributed by atoms with Gasteiger partial charge in [0.1, 0.15) is 0 Å². The van der Waals surface area contributed by atoms with Gasteiger partial charge in [-0.3, -0.25) is 0 Å². The molecular formula is C35H34O8. The summed E-state index contributed by atoms with van der Waals surface area (Å²) in [6, 6.07) is 10.5. The summed E-state index contributed by atoms with van der Waals surface area (Å²) in [6.45, 7) is 2.19. The second kappa shape index (κ2) is 12.3. The Morgan fingerprint density at radius 3 is 1.37 bits per heavy atom. The van der Waals surface area contributed by atoms with Crippen LogP contribution in [-0.4, -0.2) is 44.3 Å². The summed E-state index contributed by atoms with van der Waals surface area (Å²) < 4.78 is 0. The quantitative estimate of drug-likeness (QED) is 0.0577. The highest BCUT2D eigenvalue weighted by molar-refractivity contribution is 6.38. The molecule has 0 aromatic heterocycles. The predicted octanol–water partition coefficient (Wildman–Crippen LogP) is 8.60. The number of carboxylic acids is 4. The number of aromatic carboxylic acids is 4. The average molecular weight is 583 g/mol. The SMILES string of the molecule is CCCCCCCCCCCc1cc(C(=O)O)c2c(C(=O)O)ccc3c4ccc(C(=O)O)c5c(C(=O)O)ccc(c1c23)c54. The number of rotatable bonds is 14. The third-order valence-corrected chi connectivity index (χ3v) is 8.56. The molecule has 5 aromatic carbocycles. The van der Waals surface area contributed by atoms with Gasteiger partial charge in [0.05, 0.1) is 22.3 Å². The molecule has 8 nitrogen and oxygen atoms in total. The number of hydrogen-bond donors (Lipinski definition) is 4. The number of carbonyl (C=O) groups is 4. The molecule has 0 aliphatic heterocycles. The third kappa shape index (κ3) is 5.33. The molecule has 43 heavy (non-hydrogen) atoms. The van der Waals surface area contributed by atoms with E-state index >= 15 is 0 Å². The van der Waals surface area contributed by atoms with Gasteiger partial charge < -0.3 is 20.4 Å². The molecule has 4 N–H and O–H groups in total. The Morgan fingerprint density at radius 2 is 0.884 bits per heavy atom. The van der Waals surface area contributed by atoms with Crippen LogP contribution in [0.5, 0.6) is 0 Å². The molecular weight excluding hydrogens is 548 g/mol. The lowest BCUT2D eigenvalue weighted by Gasteiger charge is -2.21. The van der Waals surface area contributed by atoms with Gasteiger partial charge in [0.15, 0.2) is 0 Å².